The molecule has 1 aliphatic rings. The average molecular weight is 466 g/mol. The van der Waals surface area contributed by atoms with Gasteiger partial charge in [-0.3, -0.25) is 0 Å². The number of hydrogen-bond acceptors (Lipinski definition) is 4. The lowest BCUT2D eigenvalue weighted by molar-refractivity contribution is 0.437. The molecule has 0 amide bonds. The van der Waals surface area contributed by atoms with E-state index in [-0.39, 0.29) is 0 Å². The van der Waals surface area contributed by atoms with E-state index in [1.54, 1.807) is 43.0 Å². The Morgan fingerprint density at radius 3 is 2.50 bits per heavy atom. The van der Waals surface area contributed by atoms with E-state index >= 15 is 0 Å². The zero-order valence-electron chi connectivity index (χ0n) is 18.6. The van der Waals surface area contributed by atoms with Crippen molar-refractivity contribution in [3.8, 4) is 12.3 Å². The van der Waals surface area contributed by atoms with Crippen LogP contribution in [0.1, 0.15) is 58.9 Å². The van der Waals surface area contributed by atoms with E-state index in [4.69, 9.17) is 0 Å². The Kier molecular flexibility index (Phi) is 17.3. The maximum Gasteiger partial charge on any atom is 0.236 e. The largest absolute Gasteiger partial charge is 0.236 e. The molecule has 0 aliphatic carbocycles. The van der Waals surface area contributed by atoms with E-state index in [0.717, 1.165) is 17.6 Å². The zero-order valence-corrected chi connectivity index (χ0v) is 21.0. The summed E-state index contributed by atoms with van der Waals surface area (Å²) in [5, 5.41) is 9.28. The van der Waals surface area contributed by atoms with Gasteiger partial charge in [0.2, 0.25) is 10.0 Å². The highest BCUT2D eigenvalue weighted by molar-refractivity contribution is 8.05. The van der Waals surface area contributed by atoms with E-state index < -0.39 is 10.0 Å². The third kappa shape index (κ3) is 13.7. The summed E-state index contributed by atoms with van der Waals surface area (Å²) in [6.45, 7) is 8.51. The average Bonchev–Trinajstić information content (AvgIpc) is 3.23. The van der Waals surface area contributed by atoms with Crippen LogP contribution in [0.3, 0.4) is 0 Å². The van der Waals surface area contributed by atoms with Gasteiger partial charge in [-0.25, -0.2) is 8.42 Å². The summed E-state index contributed by atoms with van der Waals surface area (Å²) < 4.78 is 26.2. The molecule has 166 valence electrons. The Hall–Kier alpha value is -1.52. The summed E-state index contributed by atoms with van der Waals surface area (Å²) in [6.07, 6.45) is 17.3. The molecule has 2 heterocycles. The van der Waals surface area contributed by atoms with Crippen molar-refractivity contribution in [2.45, 2.75) is 59.9 Å². The van der Waals surface area contributed by atoms with Crippen LogP contribution >= 0.6 is 23.1 Å². The molecule has 0 saturated carbocycles. The smallest absolute Gasteiger partial charge is 0.207 e. The molecule has 0 aromatic carbocycles. The number of thioether (sulfide) groups is 1. The highest BCUT2D eigenvalue weighted by atomic mass is 32.2. The van der Waals surface area contributed by atoms with Crippen molar-refractivity contribution in [1.82, 2.24) is 4.31 Å². The first-order valence-corrected chi connectivity index (χ1v) is 13.4. The molecule has 30 heavy (non-hydrogen) atoms. The molecular formula is C24H35NO2S3. The molecule has 6 heteroatoms. The highest BCUT2D eigenvalue weighted by Crippen LogP contribution is 2.22. The molecule has 0 saturated heterocycles. The normalized spacial score (nSPS) is 13.4. The van der Waals surface area contributed by atoms with Gasteiger partial charge in [0.05, 0.1) is 0 Å². The van der Waals surface area contributed by atoms with Gasteiger partial charge < -0.3 is 0 Å². The molecular weight excluding hydrogens is 430 g/mol. The summed E-state index contributed by atoms with van der Waals surface area (Å²) in [5.41, 5.74) is 2.16. The van der Waals surface area contributed by atoms with Crippen LogP contribution in [0.15, 0.2) is 62.9 Å². The molecule has 2 rings (SSSR count). The van der Waals surface area contributed by atoms with Gasteiger partial charge >= 0.3 is 0 Å². The van der Waals surface area contributed by atoms with E-state index in [2.05, 4.69) is 44.4 Å². The molecule has 1 aromatic rings. The quantitative estimate of drug-likeness (QED) is 0.217. The molecule has 0 unspecified atom stereocenters. The highest BCUT2D eigenvalue weighted by Gasteiger charge is 2.21. The van der Waals surface area contributed by atoms with Crippen molar-refractivity contribution in [3.05, 3.63) is 68.5 Å². The Morgan fingerprint density at radius 2 is 2.00 bits per heavy atom. The standard InChI is InChI=1S/C14H17NO2S3.C7H14.C3H4/c1-2-8-20(16,17)15(10-14-5-7-19-12-14)9-13-4-3-6-18-11-13;1-3-5-7-6-4-2;1-3-2/h2-3,5-8,11-12H,4,9-10H2,1H3;3,5H,4,6-7H2,1-2H3;1H,2H3/b8-2+;5-3-;. The third-order valence-electron chi connectivity index (χ3n) is 3.74. The monoisotopic (exact) mass is 465 g/mol. The van der Waals surface area contributed by atoms with E-state index in [1.165, 1.54) is 29.0 Å². The Bertz CT molecular complexity index is 811. The van der Waals surface area contributed by atoms with Gasteiger partial charge in [-0.1, -0.05) is 44.1 Å². The van der Waals surface area contributed by atoms with Crippen LogP contribution in [0.25, 0.3) is 0 Å². The first kappa shape index (κ1) is 28.5. The van der Waals surface area contributed by atoms with Crippen molar-refractivity contribution in [3.63, 3.8) is 0 Å². The van der Waals surface area contributed by atoms with Gasteiger partial charge in [0.25, 0.3) is 0 Å². The fraction of sp³-hybridized carbons (Fsp3) is 0.417. The number of sulfonamides is 1. The van der Waals surface area contributed by atoms with Crippen LogP contribution in [-0.2, 0) is 16.6 Å². The van der Waals surface area contributed by atoms with Gasteiger partial charge in [-0.2, -0.15) is 15.6 Å². The van der Waals surface area contributed by atoms with Gasteiger partial charge in [-0.15, -0.1) is 24.1 Å². The SMILES string of the molecule is C#CC.C/C=C/S(=O)(=O)N(CC1=CSC=CC1)Cc1ccsc1.C/C=C\CCCC. The fourth-order valence-corrected chi connectivity index (χ4v) is 4.84. The first-order chi connectivity index (χ1) is 14.4. The van der Waals surface area contributed by atoms with Crippen molar-refractivity contribution in [2.24, 2.45) is 0 Å². The Morgan fingerprint density at radius 1 is 1.27 bits per heavy atom. The Balaban J connectivity index is 0.000000706. The molecule has 0 fully saturated rings. The third-order valence-corrected chi connectivity index (χ3v) is 6.88. The van der Waals surface area contributed by atoms with Crippen LogP contribution in [0.5, 0.6) is 0 Å². The molecule has 0 atom stereocenters. The van der Waals surface area contributed by atoms with Crippen LogP contribution in [0.4, 0.5) is 0 Å². The first-order valence-electron chi connectivity index (χ1n) is 10.1. The molecule has 0 radical (unpaired) electrons. The molecule has 1 aliphatic heterocycles. The van der Waals surface area contributed by atoms with Crippen LogP contribution in [0, 0.1) is 12.3 Å². The predicted octanol–water partition coefficient (Wildman–Crippen LogP) is 7.34. The van der Waals surface area contributed by atoms with Crippen molar-refractivity contribution < 1.29 is 8.42 Å². The van der Waals surface area contributed by atoms with E-state index in [0.29, 0.717) is 13.1 Å². The van der Waals surface area contributed by atoms with E-state index in [1.807, 2.05) is 27.6 Å². The lowest BCUT2D eigenvalue weighted by Crippen LogP contribution is -2.30. The second kappa shape index (κ2) is 18.3. The summed E-state index contributed by atoms with van der Waals surface area (Å²) >= 11 is 3.18. The van der Waals surface area contributed by atoms with Gasteiger partial charge in [0, 0.05) is 18.5 Å². The van der Waals surface area contributed by atoms with Gasteiger partial charge in [0.1, 0.15) is 0 Å². The number of unbranched alkanes of at least 4 members (excludes halogenated alkanes) is 2. The number of hydrogen-bond donors (Lipinski definition) is 0. The minimum atomic E-state index is -3.36. The number of thiophene rings is 1. The zero-order chi connectivity index (χ0) is 22.7. The maximum atomic E-state index is 12.3. The predicted molar refractivity (Wildman–Crippen MR) is 137 cm³/mol. The number of terminal acetylenes is 1. The number of nitrogens with zero attached hydrogens (tertiary/aromatic N) is 1. The maximum absolute atomic E-state index is 12.3. The molecule has 0 N–H and O–H groups in total. The topological polar surface area (TPSA) is 37.4 Å². The number of allylic oxidation sites excluding steroid dienone is 4. The summed E-state index contributed by atoms with van der Waals surface area (Å²) in [7, 11) is -3.36. The van der Waals surface area contributed by atoms with Crippen LogP contribution in [0.2, 0.25) is 0 Å². The fourth-order valence-electron chi connectivity index (χ4n) is 2.34. The minimum absolute atomic E-state index is 0.419. The number of rotatable bonds is 9. The lowest BCUT2D eigenvalue weighted by Gasteiger charge is -2.22. The molecule has 0 bridgehead atoms. The van der Waals surface area contributed by atoms with Crippen LogP contribution in [-0.4, -0.2) is 19.3 Å². The van der Waals surface area contributed by atoms with Crippen molar-refractivity contribution in [1.29, 1.82) is 0 Å². The summed E-state index contributed by atoms with van der Waals surface area (Å²) in [4.78, 5) is 0. The second-order valence-corrected chi connectivity index (χ2v) is 9.78. The van der Waals surface area contributed by atoms with Gasteiger partial charge in [-0.05, 0) is 72.4 Å². The molecule has 3 nitrogen and oxygen atoms in total. The molecule has 1 aromatic heterocycles. The summed E-state index contributed by atoms with van der Waals surface area (Å²) in [6, 6.07) is 1.97. The Labute approximate surface area is 192 Å². The minimum Gasteiger partial charge on any atom is -0.207 e. The van der Waals surface area contributed by atoms with Crippen molar-refractivity contribution in [2.75, 3.05) is 6.54 Å². The van der Waals surface area contributed by atoms with Crippen molar-refractivity contribution >= 4 is 33.1 Å². The van der Waals surface area contributed by atoms with Gasteiger partial charge in [0.15, 0.2) is 0 Å². The molecule has 0 spiro atoms. The lowest BCUT2D eigenvalue weighted by atomic mass is 10.2. The summed E-state index contributed by atoms with van der Waals surface area (Å²) in [5.74, 6) is 2.25. The second-order valence-electron chi connectivity index (χ2n) is 6.40. The van der Waals surface area contributed by atoms with Crippen LogP contribution < -0.4 is 0 Å². The van der Waals surface area contributed by atoms with E-state index in [9.17, 15) is 8.42 Å².